The Morgan fingerprint density at radius 1 is 0.922 bits per heavy atom. The molecule has 16 heteroatoms. The van der Waals surface area contributed by atoms with Crippen LogP contribution in [0.1, 0.15) is 87.8 Å². The zero-order chi connectivity index (χ0) is 37.3. The van der Waals surface area contributed by atoms with Crippen molar-refractivity contribution in [1.82, 2.24) is 20.6 Å². The van der Waals surface area contributed by atoms with Gasteiger partial charge in [0, 0.05) is 17.8 Å². The number of benzene rings is 1. The van der Waals surface area contributed by atoms with Gasteiger partial charge in [-0.1, -0.05) is 62.4 Å². The smallest absolute Gasteiger partial charge is 0.405 e. The highest BCUT2D eigenvalue weighted by Crippen LogP contribution is 2.46. The van der Waals surface area contributed by atoms with Crippen molar-refractivity contribution in [2.45, 2.75) is 107 Å². The maximum absolute atomic E-state index is 13.6. The molecule has 0 bridgehead atoms. The fourth-order valence-electron chi connectivity index (χ4n) is 8.09. The number of hydrogen-bond donors (Lipinski definition) is 10. The molecule has 2 fully saturated rings. The second-order valence-corrected chi connectivity index (χ2v) is 14.4. The highest BCUT2D eigenvalue weighted by molar-refractivity contribution is 6.04. The van der Waals surface area contributed by atoms with Gasteiger partial charge in [-0.3, -0.25) is 14.4 Å². The monoisotopic (exact) mass is 713 g/mol. The number of rotatable bonds is 20. The van der Waals surface area contributed by atoms with Crippen LogP contribution in [0, 0.1) is 23.2 Å². The molecular formula is C35H51N7O9. The molecule has 2 saturated carbocycles. The predicted molar refractivity (Wildman–Crippen MR) is 184 cm³/mol. The summed E-state index contributed by atoms with van der Waals surface area (Å²) in [6.45, 7) is 0. The molecule has 3 unspecified atom stereocenters. The minimum Gasteiger partial charge on any atom is -0.465 e. The number of nitrogens with zero attached hydrogens (tertiary/aromatic N) is 1. The lowest BCUT2D eigenvalue weighted by atomic mass is 9.61. The average molecular weight is 714 g/mol. The second kappa shape index (κ2) is 17.0. The first-order valence-corrected chi connectivity index (χ1v) is 17.5. The highest BCUT2D eigenvalue weighted by Gasteiger charge is 2.58. The Bertz CT molecular complexity index is 1480. The number of carbonyl (C=O) groups excluding carboxylic acids is 3. The molecule has 0 spiro atoms. The number of aromatic amines is 1. The Morgan fingerprint density at radius 3 is 2.08 bits per heavy atom. The van der Waals surface area contributed by atoms with Crippen LogP contribution >= 0.6 is 0 Å². The number of primary amides is 3. The number of carbonyl (C=O) groups is 5. The lowest BCUT2D eigenvalue weighted by Crippen LogP contribution is -2.70. The lowest BCUT2D eigenvalue weighted by Gasteiger charge is -2.50. The summed E-state index contributed by atoms with van der Waals surface area (Å²) in [6.07, 6.45) is 0.318. The third-order valence-corrected chi connectivity index (χ3v) is 10.9. The summed E-state index contributed by atoms with van der Waals surface area (Å²) in [5.74, 6) is -6.24. The number of aliphatic hydroxyl groups excluding tert-OH is 2. The van der Waals surface area contributed by atoms with Crippen LogP contribution in [0.5, 0.6) is 0 Å². The molecule has 51 heavy (non-hydrogen) atoms. The molecule has 1 aromatic heterocycles. The number of H-pyrrole nitrogens is 1. The highest BCUT2D eigenvalue weighted by atomic mass is 16.4. The minimum atomic E-state index is -2.32. The standard InChI is InChI=1S/C35H51N7O9/c36-29(45)24(25-17-39-19-40-25)16-35(42-33(50)51,18-34(30(37)46,31(38)47)14-13-20-7-3-1-4-8-20)28(41-32(48)49)23(15-21-9-5-2-6-10-21)27(44)26(43)22-11-12-22/h1,3-4,7-8,17,19,21-24,26-28,41-44H,2,5-6,9-16,18H2,(H2,36,45)(H2,37,46)(H2,38,47)(H,39,40)(H,48,49)(H,50,51)/t23-,24?,26+,27-,28?,35?/m1/s1. The summed E-state index contributed by atoms with van der Waals surface area (Å²) in [5, 5.41) is 48.9. The normalized spacial score (nSPS) is 19.4. The van der Waals surface area contributed by atoms with Crippen LogP contribution in [0.2, 0.25) is 0 Å². The van der Waals surface area contributed by atoms with Crippen molar-refractivity contribution < 1.29 is 44.4 Å². The number of amides is 5. The van der Waals surface area contributed by atoms with Gasteiger partial charge in [-0.15, -0.1) is 0 Å². The van der Waals surface area contributed by atoms with Gasteiger partial charge in [0.05, 0.1) is 36.0 Å². The maximum Gasteiger partial charge on any atom is 0.405 e. The zero-order valence-electron chi connectivity index (χ0n) is 28.6. The fourth-order valence-corrected chi connectivity index (χ4v) is 8.09. The Morgan fingerprint density at radius 2 is 1.57 bits per heavy atom. The summed E-state index contributed by atoms with van der Waals surface area (Å²) < 4.78 is 0. The van der Waals surface area contributed by atoms with Gasteiger partial charge in [-0.05, 0) is 62.3 Å². The SMILES string of the molecule is NC(=O)C(CC(CC(CCc1ccccc1)(C(N)=O)C(N)=O)(NC(=O)O)C(NC(=O)O)[C@H](CC1CCCCC1)[C@@H](O)[C@@H](O)C1CC1)c1cnc[nH]1. The first-order valence-electron chi connectivity index (χ1n) is 17.5. The van der Waals surface area contributed by atoms with E-state index in [4.69, 9.17) is 17.2 Å². The summed E-state index contributed by atoms with van der Waals surface area (Å²) in [4.78, 5) is 72.7. The van der Waals surface area contributed by atoms with E-state index < -0.39 is 83.8 Å². The van der Waals surface area contributed by atoms with Gasteiger partial charge in [0.25, 0.3) is 0 Å². The average Bonchev–Trinajstić information content (AvgIpc) is 3.80. The van der Waals surface area contributed by atoms with Gasteiger partial charge in [0.15, 0.2) is 0 Å². The van der Waals surface area contributed by atoms with Crippen LogP contribution in [0.4, 0.5) is 9.59 Å². The Kier molecular flexibility index (Phi) is 13.0. The molecule has 16 nitrogen and oxygen atoms in total. The van der Waals surface area contributed by atoms with Crippen molar-refractivity contribution in [1.29, 1.82) is 0 Å². The zero-order valence-corrected chi connectivity index (χ0v) is 28.6. The maximum atomic E-state index is 13.6. The minimum absolute atomic E-state index is 0.0416. The second-order valence-electron chi connectivity index (χ2n) is 14.4. The molecule has 1 heterocycles. The van der Waals surface area contributed by atoms with E-state index in [0.717, 1.165) is 32.1 Å². The molecule has 0 radical (unpaired) electrons. The van der Waals surface area contributed by atoms with Gasteiger partial charge >= 0.3 is 12.2 Å². The molecule has 0 saturated heterocycles. The van der Waals surface area contributed by atoms with E-state index in [9.17, 15) is 44.4 Å². The van der Waals surface area contributed by atoms with Gasteiger partial charge in [-0.2, -0.15) is 0 Å². The number of aromatic nitrogens is 2. The molecule has 2 aliphatic carbocycles. The van der Waals surface area contributed by atoms with Crippen molar-refractivity contribution in [3.05, 3.63) is 54.1 Å². The van der Waals surface area contributed by atoms with Crippen molar-refractivity contribution >= 4 is 29.9 Å². The Balaban J connectivity index is 1.98. The molecule has 5 amide bonds. The first-order chi connectivity index (χ1) is 24.2. The lowest BCUT2D eigenvalue weighted by molar-refractivity contribution is -0.143. The van der Waals surface area contributed by atoms with Crippen LogP contribution in [-0.4, -0.2) is 84.1 Å². The molecule has 6 atom stereocenters. The third kappa shape index (κ3) is 9.76. The van der Waals surface area contributed by atoms with E-state index in [2.05, 4.69) is 20.6 Å². The molecule has 4 rings (SSSR count). The van der Waals surface area contributed by atoms with Crippen molar-refractivity contribution in [3.8, 4) is 0 Å². The molecule has 2 aromatic rings. The van der Waals surface area contributed by atoms with Gasteiger partial charge in [0.2, 0.25) is 17.7 Å². The van der Waals surface area contributed by atoms with Crippen LogP contribution in [0.25, 0.3) is 0 Å². The predicted octanol–water partition coefficient (Wildman–Crippen LogP) is 1.71. The van der Waals surface area contributed by atoms with Crippen LogP contribution < -0.4 is 27.8 Å². The Hall–Kier alpha value is -4.70. The van der Waals surface area contributed by atoms with Crippen molar-refractivity contribution in [2.24, 2.45) is 40.4 Å². The Labute approximate surface area is 295 Å². The number of hydrogen-bond acceptors (Lipinski definition) is 8. The molecule has 13 N–H and O–H groups in total. The molecule has 280 valence electrons. The summed E-state index contributed by atoms with van der Waals surface area (Å²) in [7, 11) is 0. The van der Waals surface area contributed by atoms with Crippen molar-refractivity contribution in [2.75, 3.05) is 0 Å². The first kappa shape index (κ1) is 39.1. The number of nitrogens with one attached hydrogen (secondary N) is 3. The van der Waals surface area contributed by atoms with E-state index in [1.165, 1.54) is 12.5 Å². The van der Waals surface area contributed by atoms with Crippen LogP contribution in [-0.2, 0) is 20.8 Å². The molecule has 2 aliphatic rings. The fraction of sp³-hybridized carbons (Fsp3) is 0.600. The quantitative estimate of drug-likeness (QED) is 0.0886. The molecule has 0 aliphatic heterocycles. The van der Waals surface area contributed by atoms with E-state index in [-0.39, 0.29) is 36.8 Å². The number of nitrogens with two attached hydrogens (primary N) is 3. The number of carboxylic acid groups (broad SMARTS) is 2. The van der Waals surface area contributed by atoms with Gasteiger partial charge in [0.1, 0.15) is 5.41 Å². The van der Waals surface area contributed by atoms with Crippen LogP contribution in [0.3, 0.4) is 0 Å². The van der Waals surface area contributed by atoms with E-state index in [1.807, 2.05) is 0 Å². The number of imidazole rings is 1. The van der Waals surface area contributed by atoms with Crippen LogP contribution in [0.15, 0.2) is 42.9 Å². The van der Waals surface area contributed by atoms with Gasteiger partial charge in [-0.25, -0.2) is 14.6 Å². The number of aryl methyl sites for hydroxylation is 1. The summed E-state index contributed by atoms with van der Waals surface area (Å²) in [5.41, 5.74) is 14.1. The van der Waals surface area contributed by atoms with Gasteiger partial charge < -0.3 is 53.2 Å². The van der Waals surface area contributed by atoms with Crippen molar-refractivity contribution in [3.63, 3.8) is 0 Å². The third-order valence-electron chi connectivity index (χ3n) is 10.9. The molecule has 1 aromatic carbocycles. The van der Waals surface area contributed by atoms with E-state index >= 15 is 0 Å². The summed E-state index contributed by atoms with van der Waals surface area (Å²) in [6, 6.07) is 7.12. The number of aliphatic hydroxyl groups is 2. The van der Waals surface area contributed by atoms with E-state index in [1.54, 1.807) is 30.3 Å². The summed E-state index contributed by atoms with van der Waals surface area (Å²) >= 11 is 0. The molecular weight excluding hydrogens is 662 g/mol. The largest absolute Gasteiger partial charge is 0.465 e. The topological polar surface area (TPSA) is 297 Å². The van der Waals surface area contributed by atoms with E-state index in [0.29, 0.717) is 18.4 Å².